The summed E-state index contributed by atoms with van der Waals surface area (Å²) < 4.78 is 23.3. The molecule has 0 bridgehead atoms. The van der Waals surface area contributed by atoms with Crippen LogP contribution in [0, 0.1) is 0 Å². The van der Waals surface area contributed by atoms with Gasteiger partial charge in [0.05, 0.1) is 39.9 Å². The number of aliphatic hydroxyl groups excluding tert-OH is 1. The minimum absolute atomic E-state index is 0.00371. The zero-order valence-corrected chi connectivity index (χ0v) is 42.6. The van der Waals surface area contributed by atoms with Crippen LogP contribution in [0.2, 0.25) is 0 Å². The third kappa shape index (κ3) is 47.4. The van der Waals surface area contributed by atoms with E-state index >= 15 is 0 Å². The lowest BCUT2D eigenvalue weighted by molar-refractivity contribution is -0.870. The summed E-state index contributed by atoms with van der Waals surface area (Å²) in [6.07, 6.45) is 64.2. The van der Waals surface area contributed by atoms with E-state index in [-0.39, 0.29) is 19.1 Å². The average Bonchev–Trinajstić information content (AvgIpc) is 3.25. The Bertz CT molecular complexity index is 1360. The monoisotopic (exact) mass is 913 g/mol. The summed E-state index contributed by atoms with van der Waals surface area (Å²) in [4.78, 5) is 25.4. The van der Waals surface area contributed by atoms with Crippen LogP contribution < -0.4 is 10.2 Å². The summed E-state index contributed by atoms with van der Waals surface area (Å²) in [5.41, 5.74) is 0. The third-order valence-electron chi connectivity index (χ3n) is 10.8. The molecule has 0 saturated heterocycles. The van der Waals surface area contributed by atoms with Crippen molar-refractivity contribution in [1.29, 1.82) is 0 Å². The number of phosphoric acid groups is 1. The number of quaternary nitrogens is 1. The summed E-state index contributed by atoms with van der Waals surface area (Å²) in [7, 11) is 1.28. The molecule has 1 amide bonds. The van der Waals surface area contributed by atoms with Crippen molar-refractivity contribution in [2.24, 2.45) is 0 Å². The van der Waals surface area contributed by atoms with Gasteiger partial charge in [0.2, 0.25) is 5.91 Å². The molecule has 8 nitrogen and oxygen atoms in total. The van der Waals surface area contributed by atoms with Crippen molar-refractivity contribution in [3.05, 3.63) is 97.2 Å². The first kappa shape index (κ1) is 61.4. The summed E-state index contributed by atoms with van der Waals surface area (Å²) in [5, 5.41) is 13.9. The van der Waals surface area contributed by atoms with Gasteiger partial charge < -0.3 is 28.8 Å². The molecule has 0 heterocycles. The van der Waals surface area contributed by atoms with E-state index in [0.717, 1.165) is 103 Å². The summed E-state index contributed by atoms with van der Waals surface area (Å²) >= 11 is 0. The van der Waals surface area contributed by atoms with Gasteiger partial charge in [0.15, 0.2) is 0 Å². The summed E-state index contributed by atoms with van der Waals surface area (Å²) in [6.45, 7) is 4.56. The van der Waals surface area contributed by atoms with Gasteiger partial charge in [-0.1, -0.05) is 207 Å². The Morgan fingerprint density at radius 3 is 1.39 bits per heavy atom. The number of aliphatic hydroxyl groups is 1. The van der Waals surface area contributed by atoms with E-state index in [0.29, 0.717) is 23.9 Å². The van der Waals surface area contributed by atoms with E-state index in [4.69, 9.17) is 9.05 Å². The normalized spacial score (nSPS) is 14.9. The van der Waals surface area contributed by atoms with E-state index in [1.54, 1.807) is 0 Å². The lowest BCUT2D eigenvalue weighted by atomic mass is 10.0. The molecular weight excluding hydrogens is 816 g/mol. The number of nitrogens with one attached hydrogen (secondary N) is 1. The van der Waals surface area contributed by atoms with Crippen LogP contribution in [0.5, 0.6) is 0 Å². The highest BCUT2D eigenvalue weighted by Gasteiger charge is 2.24. The van der Waals surface area contributed by atoms with Crippen LogP contribution in [0.25, 0.3) is 0 Å². The first-order chi connectivity index (χ1) is 31.0. The van der Waals surface area contributed by atoms with E-state index in [1.165, 1.54) is 64.2 Å². The molecule has 3 atom stereocenters. The van der Waals surface area contributed by atoms with Crippen molar-refractivity contribution in [2.45, 2.75) is 206 Å². The number of amides is 1. The molecule has 64 heavy (non-hydrogen) atoms. The lowest BCUT2D eigenvalue weighted by Crippen LogP contribution is -2.46. The van der Waals surface area contributed by atoms with Crippen LogP contribution in [-0.2, 0) is 18.4 Å². The second-order valence-corrected chi connectivity index (χ2v) is 19.6. The Hall–Kier alpha value is -2.58. The predicted molar refractivity (Wildman–Crippen MR) is 274 cm³/mol. The Labute approximate surface area is 394 Å². The van der Waals surface area contributed by atoms with Crippen molar-refractivity contribution in [3.63, 3.8) is 0 Å². The van der Waals surface area contributed by atoms with Crippen molar-refractivity contribution >= 4 is 13.7 Å². The largest absolute Gasteiger partial charge is 0.756 e. The second-order valence-electron chi connectivity index (χ2n) is 18.1. The van der Waals surface area contributed by atoms with Crippen molar-refractivity contribution < 1.29 is 32.9 Å². The fraction of sp³-hybridized carbons (Fsp3) is 0.691. The van der Waals surface area contributed by atoms with Crippen molar-refractivity contribution in [3.8, 4) is 0 Å². The van der Waals surface area contributed by atoms with Gasteiger partial charge in [-0.15, -0.1) is 0 Å². The van der Waals surface area contributed by atoms with Gasteiger partial charge >= 0.3 is 0 Å². The summed E-state index contributed by atoms with van der Waals surface area (Å²) in [6, 6.07) is -0.814. The van der Waals surface area contributed by atoms with E-state index in [1.807, 2.05) is 21.1 Å². The van der Waals surface area contributed by atoms with Crippen LogP contribution in [0.4, 0.5) is 0 Å². The number of rotatable bonds is 45. The number of likely N-dealkylation sites (N-methyl/N-ethyl adjacent to an activating group) is 1. The zero-order chi connectivity index (χ0) is 47.1. The lowest BCUT2D eigenvalue weighted by Gasteiger charge is -2.30. The Balaban J connectivity index is 4.21. The van der Waals surface area contributed by atoms with Gasteiger partial charge in [-0.2, -0.15) is 0 Å². The highest BCUT2D eigenvalue weighted by molar-refractivity contribution is 7.45. The highest BCUT2D eigenvalue weighted by atomic mass is 31.2. The van der Waals surface area contributed by atoms with Crippen LogP contribution in [0.3, 0.4) is 0 Å². The van der Waals surface area contributed by atoms with E-state index in [2.05, 4.69) is 116 Å². The standard InChI is InChI=1S/C55H97N2O6P/c1-6-8-10-12-14-16-18-19-20-21-22-23-24-25-26-27-28-29-30-31-32-33-34-35-36-37-39-41-43-45-47-49-55(59)56-53(52-63-64(60,61)62-51-50-57(3,4)5)54(58)48-46-44-42-40-38-17-15-13-11-9-7-2/h8,10,14,16,19-20,22-23,25-26,28-29,31-32,34-35,53-54,58H,6-7,9,11-13,15,17-18,21,24,27,30,33,36-52H2,1-5H3,(H-,56,59,60,61)/b10-8-,16-14-,20-19-,23-22-,26-25-,29-28-,32-31-,35-34-. The number of hydrogen-bond acceptors (Lipinski definition) is 6. The van der Waals surface area contributed by atoms with Gasteiger partial charge in [-0.05, 0) is 77.0 Å². The highest BCUT2D eigenvalue weighted by Crippen LogP contribution is 2.38. The fourth-order valence-corrected chi connectivity index (χ4v) is 7.54. The average molecular weight is 913 g/mol. The number of nitrogens with zero attached hydrogens (tertiary/aromatic N) is 1. The van der Waals surface area contributed by atoms with Crippen LogP contribution in [0.15, 0.2) is 97.2 Å². The number of hydrogen-bond donors (Lipinski definition) is 2. The third-order valence-corrected chi connectivity index (χ3v) is 11.8. The SMILES string of the molecule is CC/C=C\C/C=C\C/C=C\C/C=C\C/C=C\C/C=C\C/C=C\C/C=C\CCCCCCCCC(=O)NC(COP(=O)([O-])OCC[N+](C)(C)C)C(O)CCCCCCCCCCCCC. The maximum atomic E-state index is 12.9. The molecule has 0 radical (unpaired) electrons. The van der Waals surface area contributed by atoms with Crippen LogP contribution >= 0.6 is 7.82 Å². The molecule has 0 spiro atoms. The minimum Gasteiger partial charge on any atom is -0.756 e. The van der Waals surface area contributed by atoms with Gasteiger partial charge in [0.25, 0.3) is 7.82 Å². The van der Waals surface area contributed by atoms with Crippen molar-refractivity contribution in [2.75, 3.05) is 40.9 Å². The molecule has 0 aromatic carbocycles. The number of carbonyl (C=O) groups is 1. The quantitative estimate of drug-likeness (QED) is 0.0273. The Morgan fingerprint density at radius 2 is 0.953 bits per heavy atom. The number of unbranched alkanes of at least 4 members (excludes halogenated alkanes) is 16. The molecule has 0 aromatic rings. The van der Waals surface area contributed by atoms with Gasteiger partial charge in [-0.25, -0.2) is 0 Å². The second kappa shape index (κ2) is 45.6. The minimum atomic E-state index is -4.57. The Kier molecular flexibility index (Phi) is 43.7. The molecule has 0 aliphatic rings. The molecule has 9 heteroatoms. The van der Waals surface area contributed by atoms with Crippen LogP contribution in [0.1, 0.15) is 194 Å². The smallest absolute Gasteiger partial charge is 0.268 e. The molecule has 0 fully saturated rings. The van der Waals surface area contributed by atoms with Gasteiger partial charge in [0, 0.05) is 6.42 Å². The predicted octanol–water partition coefficient (Wildman–Crippen LogP) is 14.5. The number of phosphoric ester groups is 1. The zero-order valence-electron chi connectivity index (χ0n) is 41.7. The topological polar surface area (TPSA) is 108 Å². The molecule has 0 aliphatic heterocycles. The molecule has 3 unspecified atom stereocenters. The molecule has 0 aliphatic carbocycles. The van der Waals surface area contributed by atoms with Gasteiger partial charge in [0.1, 0.15) is 13.2 Å². The number of carbonyl (C=O) groups excluding carboxylic acids is 1. The van der Waals surface area contributed by atoms with E-state index in [9.17, 15) is 19.4 Å². The molecule has 0 aromatic heterocycles. The maximum absolute atomic E-state index is 12.9. The molecule has 2 N–H and O–H groups in total. The summed E-state index contributed by atoms with van der Waals surface area (Å²) in [5.74, 6) is -0.185. The molecule has 0 rings (SSSR count). The molecule has 368 valence electrons. The van der Waals surface area contributed by atoms with Crippen molar-refractivity contribution in [1.82, 2.24) is 5.32 Å². The molecular formula is C55H97N2O6P. The Morgan fingerprint density at radius 1 is 0.562 bits per heavy atom. The van der Waals surface area contributed by atoms with Crippen LogP contribution in [-0.4, -0.2) is 68.5 Å². The molecule has 0 saturated carbocycles. The van der Waals surface area contributed by atoms with E-state index < -0.39 is 20.0 Å². The first-order valence-corrected chi connectivity index (χ1v) is 27.0. The number of allylic oxidation sites excluding steroid dienone is 16. The maximum Gasteiger partial charge on any atom is 0.268 e. The first-order valence-electron chi connectivity index (χ1n) is 25.6. The fourth-order valence-electron chi connectivity index (χ4n) is 6.82. The van der Waals surface area contributed by atoms with Gasteiger partial charge in [-0.3, -0.25) is 9.36 Å².